The summed E-state index contributed by atoms with van der Waals surface area (Å²) >= 11 is 0. The highest BCUT2D eigenvalue weighted by Gasteiger charge is 1.81. The molecule has 0 heterocycles. The third-order valence-electron chi connectivity index (χ3n) is 1.26. The molecular weight excluding hydrogens is 136 g/mol. The average molecular weight is 150 g/mol. The minimum atomic E-state index is 0.223. The third kappa shape index (κ3) is 5.22. The summed E-state index contributed by atoms with van der Waals surface area (Å²) < 4.78 is 0. The molecule has 0 aliphatic heterocycles. The molecule has 0 aromatic carbocycles. The van der Waals surface area contributed by atoms with Crippen LogP contribution >= 0.6 is 0 Å². The van der Waals surface area contributed by atoms with Gasteiger partial charge in [0.1, 0.15) is 5.76 Å². The summed E-state index contributed by atoms with van der Waals surface area (Å²) in [7, 11) is 0. The van der Waals surface area contributed by atoms with Crippen LogP contribution in [0.1, 0.15) is 13.8 Å². The summed E-state index contributed by atoms with van der Waals surface area (Å²) in [6.45, 7) is 7.39. The molecule has 0 aliphatic rings. The third-order valence-corrected chi connectivity index (χ3v) is 1.26. The number of rotatable bonds is 3. The van der Waals surface area contributed by atoms with Gasteiger partial charge in [0.05, 0.1) is 0 Å². The van der Waals surface area contributed by atoms with Crippen LogP contribution in [0.4, 0.5) is 0 Å². The second-order valence-corrected chi connectivity index (χ2v) is 2.19. The lowest BCUT2D eigenvalue weighted by Crippen LogP contribution is -1.72. The number of allylic oxidation sites excluding steroid dienone is 6. The average Bonchev–Trinajstić information content (AvgIpc) is 2.01. The van der Waals surface area contributed by atoms with Crippen molar-refractivity contribution in [1.29, 1.82) is 0 Å². The molecule has 0 radical (unpaired) electrons. The van der Waals surface area contributed by atoms with Gasteiger partial charge in [-0.3, -0.25) is 0 Å². The first kappa shape index (κ1) is 9.76. The van der Waals surface area contributed by atoms with E-state index in [1.165, 1.54) is 0 Å². The van der Waals surface area contributed by atoms with Crippen molar-refractivity contribution in [3.8, 4) is 0 Å². The Balaban J connectivity index is 4.13. The summed E-state index contributed by atoms with van der Waals surface area (Å²) in [6.07, 6.45) is 8.54. The molecule has 1 N–H and O–H groups in total. The van der Waals surface area contributed by atoms with Crippen LogP contribution < -0.4 is 0 Å². The van der Waals surface area contributed by atoms with E-state index in [0.717, 1.165) is 5.57 Å². The van der Waals surface area contributed by atoms with Crippen molar-refractivity contribution in [3.63, 3.8) is 0 Å². The fourth-order valence-corrected chi connectivity index (χ4v) is 0.489. The summed E-state index contributed by atoms with van der Waals surface area (Å²) in [5.41, 5.74) is 1.12. The summed E-state index contributed by atoms with van der Waals surface area (Å²) in [6, 6.07) is 0. The second-order valence-electron chi connectivity index (χ2n) is 2.19. The van der Waals surface area contributed by atoms with Crippen LogP contribution in [-0.2, 0) is 0 Å². The predicted octanol–water partition coefficient (Wildman–Crippen LogP) is 3.14. The first-order valence-electron chi connectivity index (χ1n) is 3.53. The van der Waals surface area contributed by atoms with Gasteiger partial charge in [0.15, 0.2) is 0 Å². The van der Waals surface area contributed by atoms with Crippen molar-refractivity contribution >= 4 is 0 Å². The first-order valence-corrected chi connectivity index (χ1v) is 3.53. The minimum absolute atomic E-state index is 0.223. The molecule has 1 heteroatoms. The van der Waals surface area contributed by atoms with E-state index < -0.39 is 0 Å². The Hall–Kier alpha value is -1.24. The SMILES string of the molecule is C=C/C=C(O)/C=C/C(C)=C/C. The first-order chi connectivity index (χ1) is 5.20. The van der Waals surface area contributed by atoms with Gasteiger partial charge in [0, 0.05) is 0 Å². The smallest absolute Gasteiger partial charge is 0.115 e. The molecule has 1 nitrogen and oxygen atoms in total. The van der Waals surface area contributed by atoms with Crippen LogP contribution in [0, 0.1) is 0 Å². The largest absolute Gasteiger partial charge is 0.508 e. The summed E-state index contributed by atoms with van der Waals surface area (Å²) in [5.74, 6) is 0.223. The highest BCUT2D eigenvalue weighted by atomic mass is 16.3. The summed E-state index contributed by atoms with van der Waals surface area (Å²) in [4.78, 5) is 0. The molecule has 0 aliphatic carbocycles. The molecule has 0 saturated carbocycles. The van der Waals surface area contributed by atoms with Crippen molar-refractivity contribution in [2.45, 2.75) is 13.8 Å². The maximum atomic E-state index is 9.07. The Kier molecular flexibility index (Phi) is 4.91. The number of aliphatic hydroxyl groups is 1. The predicted molar refractivity (Wildman–Crippen MR) is 49.5 cm³/mol. The fraction of sp³-hybridized carbons (Fsp3) is 0.200. The molecule has 0 aromatic heterocycles. The highest BCUT2D eigenvalue weighted by Crippen LogP contribution is 1.97. The van der Waals surface area contributed by atoms with Crippen LogP contribution in [0.2, 0.25) is 0 Å². The molecular formula is C10H14O. The van der Waals surface area contributed by atoms with Crippen LogP contribution in [0.25, 0.3) is 0 Å². The van der Waals surface area contributed by atoms with Crippen LogP contribution in [0.15, 0.2) is 48.3 Å². The van der Waals surface area contributed by atoms with Gasteiger partial charge in [-0.2, -0.15) is 0 Å². The molecule has 0 unspecified atom stereocenters. The minimum Gasteiger partial charge on any atom is -0.508 e. The Morgan fingerprint density at radius 1 is 1.36 bits per heavy atom. The standard InChI is InChI=1S/C10H14O/c1-4-6-10(11)8-7-9(3)5-2/h4-8,11H,1H2,2-3H3/b8-7+,9-5+,10-6-. The van der Waals surface area contributed by atoms with E-state index in [-0.39, 0.29) is 5.76 Å². The van der Waals surface area contributed by atoms with Crippen molar-refractivity contribution < 1.29 is 5.11 Å². The molecule has 0 atom stereocenters. The number of hydrogen-bond donors (Lipinski definition) is 1. The van der Waals surface area contributed by atoms with Gasteiger partial charge in [-0.15, -0.1) is 0 Å². The Morgan fingerprint density at radius 2 is 2.00 bits per heavy atom. The Labute approximate surface area is 68.1 Å². The van der Waals surface area contributed by atoms with E-state index in [1.807, 2.05) is 26.0 Å². The van der Waals surface area contributed by atoms with E-state index in [4.69, 9.17) is 5.11 Å². The lowest BCUT2D eigenvalue weighted by Gasteiger charge is -1.88. The van der Waals surface area contributed by atoms with Gasteiger partial charge >= 0.3 is 0 Å². The van der Waals surface area contributed by atoms with E-state index in [9.17, 15) is 0 Å². The molecule has 60 valence electrons. The normalized spacial score (nSPS) is 14.0. The van der Waals surface area contributed by atoms with E-state index in [0.29, 0.717) is 0 Å². The topological polar surface area (TPSA) is 20.2 Å². The molecule has 0 aromatic rings. The molecule has 0 bridgehead atoms. The molecule has 11 heavy (non-hydrogen) atoms. The van der Waals surface area contributed by atoms with Gasteiger partial charge in [-0.25, -0.2) is 0 Å². The maximum Gasteiger partial charge on any atom is 0.115 e. The molecule has 0 amide bonds. The Morgan fingerprint density at radius 3 is 2.45 bits per heavy atom. The van der Waals surface area contributed by atoms with Gasteiger partial charge < -0.3 is 5.11 Å². The van der Waals surface area contributed by atoms with Gasteiger partial charge in [0.2, 0.25) is 0 Å². The van der Waals surface area contributed by atoms with Crippen molar-refractivity contribution in [1.82, 2.24) is 0 Å². The Bertz CT molecular complexity index is 207. The quantitative estimate of drug-likeness (QED) is 0.484. The zero-order valence-corrected chi connectivity index (χ0v) is 7.04. The molecule has 0 spiro atoms. The van der Waals surface area contributed by atoms with E-state index in [1.54, 1.807) is 18.2 Å². The highest BCUT2D eigenvalue weighted by molar-refractivity contribution is 5.24. The van der Waals surface area contributed by atoms with E-state index in [2.05, 4.69) is 6.58 Å². The van der Waals surface area contributed by atoms with Crippen molar-refractivity contribution in [2.75, 3.05) is 0 Å². The number of hydrogen-bond acceptors (Lipinski definition) is 1. The zero-order valence-electron chi connectivity index (χ0n) is 7.04. The van der Waals surface area contributed by atoms with Crippen LogP contribution in [0.5, 0.6) is 0 Å². The second kappa shape index (κ2) is 5.54. The molecule has 0 rings (SSSR count). The van der Waals surface area contributed by atoms with Crippen LogP contribution in [-0.4, -0.2) is 5.11 Å². The fourth-order valence-electron chi connectivity index (χ4n) is 0.489. The lowest BCUT2D eigenvalue weighted by molar-refractivity contribution is 0.432. The maximum absolute atomic E-state index is 9.07. The molecule has 0 fully saturated rings. The summed E-state index contributed by atoms with van der Waals surface area (Å²) in [5, 5.41) is 9.07. The van der Waals surface area contributed by atoms with Crippen molar-refractivity contribution in [3.05, 3.63) is 48.3 Å². The molecule has 0 saturated heterocycles. The van der Waals surface area contributed by atoms with E-state index >= 15 is 0 Å². The van der Waals surface area contributed by atoms with Crippen molar-refractivity contribution in [2.24, 2.45) is 0 Å². The van der Waals surface area contributed by atoms with Gasteiger partial charge in [-0.1, -0.05) is 30.4 Å². The number of aliphatic hydroxyl groups excluding tert-OH is 1. The van der Waals surface area contributed by atoms with Gasteiger partial charge in [0.25, 0.3) is 0 Å². The lowest BCUT2D eigenvalue weighted by atomic mass is 10.2. The zero-order chi connectivity index (χ0) is 8.69. The monoisotopic (exact) mass is 150 g/mol. The van der Waals surface area contributed by atoms with Gasteiger partial charge in [-0.05, 0) is 26.0 Å². The van der Waals surface area contributed by atoms with Crippen LogP contribution in [0.3, 0.4) is 0 Å².